The minimum atomic E-state index is 0.890. The standard InChI is InChI=1S/C50H33N5/c1-5-15-32(16-6-1)46-37-25-26-38(51-37)47(33-17-7-2-8-18-33)40-29-30-42(53-40)49-36-23-13-14-24-44(36)55(35-21-11-4-12-22-35)45-31-43(54-50(45)49)48(34-19-9-3-10-20-34)41-28-27-39(46)52-41/h1-31,52-53H. The Balaban J connectivity index is 1.40. The number of H-pyrrole nitrogens is 2. The Labute approximate surface area is 317 Å². The van der Waals surface area contributed by atoms with Crippen LogP contribution in [0.2, 0.25) is 0 Å². The highest BCUT2D eigenvalue weighted by Crippen LogP contribution is 2.42. The molecular formula is C50H33N5. The van der Waals surface area contributed by atoms with Crippen molar-refractivity contribution >= 4 is 56.0 Å². The number of aromatic nitrogens is 5. The lowest BCUT2D eigenvalue weighted by molar-refractivity contribution is 1.11. The second kappa shape index (κ2) is 12.6. The summed E-state index contributed by atoms with van der Waals surface area (Å²) in [5.74, 6) is 0. The minimum Gasteiger partial charge on any atom is -0.354 e. The molecule has 0 amide bonds. The Bertz CT molecular complexity index is 3170. The van der Waals surface area contributed by atoms with Crippen LogP contribution >= 0.6 is 0 Å². The molecule has 5 nitrogen and oxygen atoms in total. The molecule has 8 bridgehead atoms. The fourth-order valence-electron chi connectivity index (χ4n) is 8.31. The van der Waals surface area contributed by atoms with E-state index in [4.69, 9.17) is 9.97 Å². The third-order valence-electron chi connectivity index (χ3n) is 10.7. The Morgan fingerprint density at radius 2 is 0.891 bits per heavy atom. The SMILES string of the molecule is C1=Cc2nc1c(-c1ccccc1)c1ccc([nH]1)c(-c1ccccc1)c1cc3n(-c4ccccc4)c4ccccc4c(c-3n1)c1ccc([nH]1)c2-c1ccccc1. The average molecular weight is 704 g/mol. The van der Waals surface area contributed by atoms with E-state index in [2.05, 4.69) is 203 Å². The number of pyridine rings is 1. The third-order valence-corrected chi connectivity index (χ3v) is 10.7. The summed E-state index contributed by atoms with van der Waals surface area (Å²) < 4.78 is 2.35. The minimum absolute atomic E-state index is 0.890. The molecule has 3 aliphatic rings. The Morgan fingerprint density at radius 3 is 1.49 bits per heavy atom. The highest BCUT2D eigenvalue weighted by molar-refractivity contribution is 6.14. The second-order valence-corrected chi connectivity index (χ2v) is 13.9. The number of nitrogens with one attached hydrogen (secondary N) is 2. The van der Waals surface area contributed by atoms with Gasteiger partial charge in [0, 0.05) is 55.2 Å². The van der Waals surface area contributed by atoms with Gasteiger partial charge in [-0.1, -0.05) is 127 Å². The molecule has 0 radical (unpaired) electrons. The molecule has 0 spiro atoms. The topological polar surface area (TPSA) is 62.3 Å². The monoisotopic (exact) mass is 703 g/mol. The number of para-hydroxylation sites is 2. The van der Waals surface area contributed by atoms with E-state index in [-0.39, 0.29) is 0 Å². The number of nitrogens with zero attached hydrogens (tertiary/aromatic N) is 3. The molecule has 2 N–H and O–H groups in total. The van der Waals surface area contributed by atoms with Gasteiger partial charge >= 0.3 is 0 Å². The summed E-state index contributed by atoms with van der Waals surface area (Å²) in [5.41, 5.74) is 17.1. The van der Waals surface area contributed by atoms with Crippen LogP contribution in [-0.4, -0.2) is 24.5 Å². The van der Waals surface area contributed by atoms with Gasteiger partial charge in [0.1, 0.15) is 0 Å². The Hall–Kier alpha value is -7.50. The van der Waals surface area contributed by atoms with Crippen LogP contribution in [0.1, 0.15) is 11.4 Å². The van der Waals surface area contributed by atoms with Crippen LogP contribution in [0.15, 0.2) is 176 Å². The van der Waals surface area contributed by atoms with Crippen LogP contribution in [0.3, 0.4) is 0 Å². The molecule has 0 unspecified atom stereocenters. The van der Waals surface area contributed by atoms with E-state index < -0.39 is 0 Å². The van der Waals surface area contributed by atoms with Crippen LogP contribution in [0.25, 0.3) is 106 Å². The molecule has 0 atom stereocenters. The van der Waals surface area contributed by atoms with E-state index in [0.717, 1.165) is 106 Å². The third kappa shape index (κ3) is 5.09. The van der Waals surface area contributed by atoms with E-state index in [1.54, 1.807) is 0 Å². The maximum Gasteiger partial charge on any atom is 0.0978 e. The number of hydrogen-bond acceptors (Lipinski definition) is 2. The van der Waals surface area contributed by atoms with Crippen molar-refractivity contribution in [2.24, 2.45) is 0 Å². The number of aromatic amines is 2. The molecular weight excluding hydrogens is 671 g/mol. The van der Waals surface area contributed by atoms with E-state index in [9.17, 15) is 0 Å². The van der Waals surface area contributed by atoms with Crippen molar-refractivity contribution < 1.29 is 0 Å². The normalized spacial score (nSPS) is 11.9. The second-order valence-electron chi connectivity index (χ2n) is 13.9. The summed E-state index contributed by atoms with van der Waals surface area (Å²) in [7, 11) is 0. The molecule has 11 rings (SSSR count). The van der Waals surface area contributed by atoms with E-state index in [1.165, 1.54) is 0 Å². The first-order valence-electron chi connectivity index (χ1n) is 18.6. The number of rotatable bonds is 4. The first kappa shape index (κ1) is 31.1. The van der Waals surface area contributed by atoms with Crippen molar-refractivity contribution in [3.8, 4) is 50.5 Å². The largest absolute Gasteiger partial charge is 0.354 e. The predicted octanol–water partition coefficient (Wildman–Crippen LogP) is 12.8. The summed E-state index contributed by atoms with van der Waals surface area (Å²) in [5, 5.41) is 2.17. The summed E-state index contributed by atoms with van der Waals surface area (Å²) in [4.78, 5) is 18.8. The fraction of sp³-hybridized carbons (Fsp3) is 0. The molecule has 8 aromatic rings. The van der Waals surface area contributed by atoms with Gasteiger partial charge in [-0.25, -0.2) is 9.97 Å². The van der Waals surface area contributed by atoms with E-state index >= 15 is 0 Å². The Morgan fingerprint density at radius 1 is 0.418 bits per heavy atom. The lowest BCUT2D eigenvalue weighted by Gasteiger charge is -2.18. The molecule has 258 valence electrons. The zero-order valence-corrected chi connectivity index (χ0v) is 29.7. The Kier molecular flexibility index (Phi) is 7.10. The van der Waals surface area contributed by atoms with Gasteiger partial charge in [-0.3, -0.25) is 0 Å². The number of benzene rings is 5. The van der Waals surface area contributed by atoms with Gasteiger partial charge in [0.25, 0.3) is 0 Å². The van der Waals surface area contributed by atoms with Crippen LogP contribution < -0.4 is 0 Å². The summed E-state index contributed by atoms with van der Waals surface area (Å²) >= 11 is 0. The van der Waals surface area contributed by atoms with Crippen molar-refractivity contribution in [2.75, 3.05) is 0 Å². The molecule has 0 saturated carbocycles. The molecule has 0 aliphatic carbocycles. The smallest absolute Gasteiger partial charge is 0.0978 e. The fourth-order valence-corrected chi connectivity index (χ4v) is 8.31. The molecule has 0 fully saturated rings. The molecule has 3 aromatic heterocycles. The predicted molar refractivity (Wildman–Crippen MR) is 228 cm³/mol. The van der Waals surface area contributed by atoms with Crippen LogP contribution in [-0.2, 0) is 0 Å². The highest BCUT2D eigenvalue weighted by Gasteiger charge is 2.23. The molecule has 5 aromatic carbocycles. The van der Waals surface area contributed by atoms with Crippen molar-refractivity contribution in [2.45, 2.75) is 0 Å². The van der Waals surface area contributed by atoms with Gasteiger partial charge in [0.2, 0.25) is 0 Å². The average Bonchev–Trinajstić information content (AvgIpc) is 4.08. The van der Waals surface area contributed by atoms with Crippen LogP contribution in [0.4, 0.5) is 0 Å². The van der Waals surface area contributed by atoms with Gasteiger partial charge in [0.05, 0.1) is 33.8 Å². The van der Waals surface area contributed by atoms with Gasteiger partial charge in [-0.05, 0) is 77.4 Å². The maximum absolute atomic E-state index is 5.63. The molecule has 5 heteroatoms. The first-order valence-corrected chi connectivity index (χ1v) is 18.6. The zero-order valence-electron chi connectivity index (χ0n) is 29.7. The van der Waals surface area contributed by atoms with E-state index in [0.29, 0.717) is 0 Å². The summed E-state index contributed by atoms with van der Waals surface area (Å²) in [6, 6.07) is 61.9. The molecule has 55 heavy (non-hydrogen) atoms. The maximum atomic E-state index is 5.63. The summed E-state index contributed by atoms with van der Waals surface area (Å²) in [6.45, 7) is 0. The van der Waals surface area contributed by atoms with Gasteiger partial charge in [0.15, 0.2) is 0 Å². The van der Waals surface area contributed by atoms with Gasteiger partial charge in [-0.2, -0.15) is 0 Å². The van der Waals surface area contributed by atoms with Crippen LogP contribution in [0, 0.1) is 0 Å². The lowest BCUT2D eigenvalue weighted by atomic mass is 10.0. The van der Waals surface area contributed by atoms with Gasteiger partial charge < -0.3 is 14.5 Å². The zero-order chi connectivity index (χ0) is 36.3. The van der Waals surface area contributed by atoms with Crippen molar-refractivity contribution in [1.29, 1.82) is 0 Å². The quantitative estimate of drug-likeness (QED) is 0.192. The highest BCUT2D eigenvalue weighted by atomic mass is 15.0. The lowest BCUT2D eigenvalue weighted by Crippen LogP contribution is -2.02. The van der Waals surface area contributed by atoms with E-state index in [1.807, 2.05) is 0 Å². The van der Waals surface area contributed by atoms with Crippen molar-refractivity contribution in [3.05, 3.63) is 187 Å². The summed E-state index contributed by atoms with van der Waals surface area (Å²) in [6.07, 6.45) is 4.29. The molecule has 3 aliphatic heterocycles. The van der Waals surface area contributed by atoms with Crippen molar-refractivity contribution in [3.63, 3.8) is 0 Å². The number of hydrogen-bond donors (Lipinski definition) is 2. The number of fused-ring (bicyclic) bond motifs is 10. The first-order chi connectivity index (χ1) is 27.3. The molecule has 0 saturated heterocycles. The molecule has 6 heterocycles. The van der Waals surface area contributed by atoms with Gasteiger partial charge in [-0.15, -0.1) is 0 Å². The van der Waals surface area contributed by atoms with Crippen LogP contribution in [0.5, 0.6) is 0 Å². The van der Waals surface area contributed by atoms with Crippen molar-refractivity contribution in [1.82, 2.24) is 24.5 Å².